The molecule has 0 saturated heterocycles. The molecular formula is C15H18F2O. The monoisotopic (exact) mass is 252 g/mol. The minimum atomic E-state index is -2.88. The Bertz CT molecular complexity index is 385. The summed E-state index contributed by atoms with van der Waals surface area (Å²) in [5, 5.41) is 0. The van der Waals surface area contributed by atoms with Crippen LogP contribution in [0.15, 0.2) is 55.1 Å². The van der Waals surface area contributed by atoms with E-state index < -0.39 is 5.92 Å². The first-order chi connectivity index (χ1) is 8.56. The van der Waals surface area contributed by atoms with Crippen LogP contribution >= 0.6 is 0 Å². The first kappa shape index (κ1) is 14.6. The lowest BCUT2D eigenvalue weighted by atomic mass is 10.1. The quantitative estimate of drug-likeness (QED) is 0.624. The normalized spacial score (nSPS) is 11.2. The van der Waals surface area contributed by atoms with Crippen molar-refractivity contribution in [2.45, 2.75) is 25.4 Å². The summed E-state index contributed by atoms with van der Waals surface area (Å²) in [5.74, 6) is -2.88. The molecule has 0 aliphatic rings. The van der Waals surface area contributed by atoms with Crippen LogP contribution in [0.25, 0.3) is 0 Å². The van der Waals surface area contributed by atoms with Gasteiger partial charge >= 0.3 is 0 Å². The lowest BCUT2D eigenvalue weighted by Gasteiger charge is -2.18. The molecule has 0 aliphatic carbocycles. The molecule has 0 radical (unpaired) electrons. The molecule has 1 aromatic rings. The molecule has 0 amide bonds. The SMILES string of the molecule is C=CCCC(F)(F)C(=C)COCc1ccccc1. The number of allylic oxidation sites excluding steroid dienone is 1. The molecule has 0 spiro atoms. The lowest BCUT2D eigenvalue weighted by Crippen LogP contribution is -2.21. The highest BCUT2D eigenvalue weighted by atomic mass is 19.3. The van der Waals surface area contributed by atoms with Gasteiger partial charge in [0.15, 0.2) is 0 Å². The number of rotatable bonds is 8. The van der Waals surface area contributed by atoms with E-state index in [1.54, 1.807) is 0 Å². The predicted octanol–water partition coefficient (Wildman–Crippen LogP) is 4.36. The largest absolute Gasteiger partial charge is 0.372 e. The molecule has 0 atom stereocenters. The Morgan fingerprint density at radius 1 is 1.28 bits per heavy atom. The summed E-state index contributed by atoms with van der Waals surface area (Å²) < 4.78 is 32.2. The number of alkyl halides is 2. The molecule has 0 saturated carbocycles. The maximum absolute atomic E-state index is 13.5. The van der Waals surface area contributed by atoms with Gasteiger partial charge in [-0.1, -0.05) is 43.0 Å². The second-order valence-corrected chi connectivity index (χ2v) is 4.11. The van der Waals surface area contributed by atoms with Gasteiger partial charge in [-0.25, -0.2) is 8.78 Å². The molecule has 0 aromatic heterocycles. The summed E-state index contributed by atoms with van der Waals surface area (Å²) in [6.07, 6.45) is 1.49. The topological polar surface area (TPSA) is 9.23 Å². The highest BCUT2D eigenvalue weighted by Gasteiger charge is 2.31. The summed E-state index contributed by atoms with van der Waals surface area (Å²) in [6.45, 7) is 7.02. The van der Waals surface area contributed by atoms with Gasteiger partial charge in [0.1, 0.15) is 0 Å². The third-order valence-corrected chi connectivity index (χ3v) is 2.57. The maximum Gasteiger partial charge on any atom is 0.271 e. The van der Waals surface area contributed by atoms with E-state index in [1.807, 2.05) is 30.3 Å². The second kappa shape index (κ2) is 7.07. The van der Waals surface area contributed by atoms with Crippen LogP contribution < -0.4 is 0 Å². The third-order valence-electron chi connectivity index (χ3n) is 2.57. The molecule has 1 rings (SSSR count). The van der Waals surface area contributed by atoms with Gasteiger partial charge in [0.25, 0.3) is 5.92 Å². The van der Waals surface area contributed by atoms with Crippen LogP contribution in [-0.4, -0.2) is 12.5 Å². The number of halogens is 2. The molecular weight excluding hydrogens is 234 g/mol. The van der Waals surface area contributed by atoms with E-state index in [1.165, 1.54) is 6.08 Å². The van der Waals surface area contributed by atoms with Crippen LogP contribution in [0.5, 0.6) is 0 Å². The van der Waals surface area contributed by atoms with Gasteiger partial charge in [-0.2, -0.15) is 0 Å². The van der Waals surface area contributed by atoms with E-state index in [-0.39, 0.29) is 25.0 Å². The summed E-state index contributed by atoms with van der Waals surface area (Å²) in [6, 6.07) is 9.43. The van der Waals surface area contributed by atoms with Crippen molar-refractivity contribution in [1.29, 1.82) is 0 Å². The van der Waals surface area contributed by atoms with Crippen LogP contribution in [0, 0.1) is 0 Å². The molecule has 3 heteroatoms. The number of benzene rings is 1. The van der Waals surface area contributed by atoms with Crippen LogP contribution in [0.4, 0.5) is 8.78 Å². The average Bonchev–Trinajstić information content (AvgIpc) is 2.37. The third kappa shape index (κ3) is 4.80. The smallest absolute Gasteiger partial charge is 0.271 e. The molecule has 1 aromatic carbocycles. The van der Waals surface area contributed by atoms with E-state index in [0.29, 0.717) is 6.61 Å². The van der Waals surface area contributed by atoms with Gasteiger partial charge in [-0.15, -0.1) is 6.58 Å². The molecule has 0 fully saturated rings. The Labute approximate surface area is 107 Å². The van der Waals surface area contributed by atoms with Crippen LogP contribution in [-0.2, 0) is 11.3 Å². The van der Waals surface area contributed by atoms with Gasteiger partial charge in [0.2, 0.25) is 0 Å². The Hall–Kier alpha value is -1.48. The minimum Gasteiger partial charge on any atom is -0.372 e. The highest BCUT2D eigenvalue weighted by Crippen LogP contribution is 2.28. The molecule has 0 heterocycles. The summed E-state index contributed by atoms with van der Waals surface area (Å²) in [4.78, 5) is 0. The first-order valence-corrected chi connectivity index (χ1v) is 5.85. The van der Waals surface area contributed by atoms with E-state index in [4.69, 9.17) is 4.74 Å². The van der Waals surface area contributed by atoms with Crippen LogP contribution in [0.2, 0.25) is 0 Å². The average molecular weight is 252 g/mol. The fraction of sp³-hybridized carbons (Fsp3) is 0.333. The minimum absolute atomic E-state index is 0.126. The molecule has 0 aliphatic heterocycles. The first-order valence-electron chi connectivity index (χ1n) is 5.85. The number of hydrogen-bond acceptors (Lipinski definition) is 1. The second-order valence-electron chi connectivity index (χ2n) is 4.11. The summed E-state index contributed by atoms with van der Waals surface area (Å²) in [5.41, 5.74) is 0.778. The van der Waals surface area contributed by atoms with Crippen molar-refractivity contribution >= 4 is 0 Å². The highest BCUT2D eigenvalue weighted by molar-refractivity contribution is 5.14. The zero-order valence-electron chi connectivity index (χ0n) is 10.4. The summed E-state index contributed by atoms with van der Waals surface area (Å²) in [7, 11) is 0. The van der Waals surface area contributed by atoms with Crippen molar-refractivity contribution in [3.8, 4) is 0 Å². The van der Waals surface area contributed by atoms with Crippen molar-refractivity contribution in [3.05, 3.63) is 60.7 Å². The molecule has 0 bridgehead atoms. The van der Waals surface area contributed by atoms with E-state index in [2.05, 4.69) is 13.2 Å². The Morgan fingerprint density at radius 3 is 2.56 bits per heavy atom. The van der Waals surface area contributed by atoms with Gasteiger partial charge in [-0.05, 0) is 12.0 Å². The zero-order valence-corrected chi connectivity index (χ0v) is 10.4. The Kier molecular flexibility index (Phi) is 5.72. The number of ether oxygens (including phenoxy) is 1. The van der Waals surface area contributed by atoms with Gasteiger partial charge in [-0.3, -0.25) is 0 Å². The van der Waals surface area contributed by atoms with Crippen molar-refractivity contribution in [2.24, 2.45) is 0 Å². The van der Waals surface area contributed by atoms with E-state index in [0.717, 1.165) is 5.56 Å². The van der Waals surface area contributed by atoms with Crippen molar-refractivity contribution in [1.82, 2.24) is 0 Å². The molecule has 18 heavy (non-hydrogen) atoms. The predicted molar refractivity (Wildman–Crippen MR) is 69.6 cm³/mol. The fourth-order valence-electron chi connectivity index (χ4n) is 1.43. The van der Waals surface area contributed by atoms with Crippen molar-refractivity contribution < 1.29 is 13.5 Å². The summed E-state index contributed by atoms with van der Waals surface area (Å²) >= 11 is 0. The lowest BCUT2D eigenvalue weighted by molar-refractivity contribution is 0.0118. The fourth-order valence-corrected chi connectivity index (χ4v) is 1.43. The molecule has 0 unspecified atom stereocenters. The standard InChI is InChI=1S/C15H18F2O/c1-3-4-10-15(16,17)13(2)11-18-12-14-8-6-5-7-9-14/h3,5-9H,1-2,4,10-12H2. The van der Waals surface area contributed by atoms with Crippen LogP contribution in [0.3, 0.4) is 0 Å². The van der Waals surface area contributed by atoms with Crippen LogP contribution in [0.1, 0.15) is 18.4 Å². The molecule has 1 nitrogen and oxygen atoms in total. The zero-order chi connectivity index (χ0) is 13.4. The van der Waals surface area contributed by atoms with Gasteiger partial charge in [0, 0.05) is 12.0 Å². The van der Waals surface area contributed by atoms with Crippen molar-refractivity contribution in [2.75, 3.05) is 6.61 Å². The molecule has 98 valence electrons. The number of hydrogen-bond donors (Lipinski definition) is 0. The van der Waals surface area contributed by atoms with Crippen molar-refractivity contribution in [3.63, 3.8) is 0 Å². The molecule has 0 N–H and O–H groups in total. The maximum atomic E-state index is 13.5. The van der Waals surface area contributed by atoms with E-state index in [9.17, 15) is 8.78 Å². The van der Waals surface area contributed by atoms with Gasteiger partial charge in [0.05, 0.1) is 13.2 Å². The van der Waals surface area contributed by atoms with E-state index >= 15 is 0 Å². The van der Waals surface area contributed by atoms with Gasteiger partial charge < -0.3 is 4.74 Å². The Morgan fingerprint density at radius 2 is 1.94 bits per heavy atom. The Balaban J connectivity index is 2.34.